The van der Waals surface area contributed by atoms with Crippen molar-refractivity contribution < 1.29 is 18.6 Å². The zero-order chi connectivity index (χ0) is 49.2. The van der Waals surface area contributed by atoms with Crippen molar-refractivity contribution in [3.63, 3.8) is 0 Å². The fourth-order valence-corrected chi connectivity index (χ4v) is 11.0. The summed E-state index contributed by atoms with van der Waals surface area (Å²) in [5.74, 6) is 0. The molecule has 2 fully saturated rings. The van der Waals surface area contributed by atoms with Gasteiger partial charge < -0.3 is 28.1 Å². The van der Waals surface area contributed by atoms with Gasteiger partial charge in [-0.2, -0.15) is 0 Å². The van der Waals surface area contributed by atoms with Gasteiger partial charge in [0.1, 0.15) is 0 Å². The maximum atomic E-state index is 6.68. The summed E-state index contributed by atoms with van der Waals surface area (Å²) in [5.41, 5.74) is 16.2. The first-order valence-electron chi connectivity index (χ1n) is 25.1. The topological polar surface area (TPSA) is 45.1 Å². The van der Waals surface area contributed by atoms with Gasteiger partial charge in [0, 0.05) is 38.9 Å². The Kier molecular flexibility index (Phi) is 10.4. The van der Waals surface area contributed by atoms with Crippen molar-refractivity contribution in [2.75, 3.05) is 4.90 Å². The molecule has 8 heteroatoms. The van der Waals surface area contributed by atoms with Crippen LogP contribution in [-0.2, 0) is 24.0 Å². The molecule has 352 valence electrons. The third kappa shape index (κ3) is 7.41. The Morgan fingerprint density at radius 1 is 0.366 bits per heavy atom. The fourth-order valence-electron chi connectivity index (χ4n) is 11.0. The summed E-state index contributed by atoms with van der Waals surface area (Å²) in [6, 6.07) is 66.5. The summed E-state index contributed by atoms with van der Waals surface area (Å²) in [6.45, 7) is 21.5. The molecule has 6 nitrogen and oxygen atoms in total. The molecule has 3 aliphatic rings. The standard InChI is InChI=1S/C63H60B2N2O4/c1-59(2)55-22-16-14-20-51(55)52-34-33-49(40-56(52)59)66(47-29-24-42(25-30-47)41-18-12-11-13-19-41)48-31-26-43(27-32-48)44-28-35-58-54(36-44)53-21-15-17-23-57(53)67(58)50-38-45(64-68-60(3,4)61(5,6)69-64)37-46(39-50)65-70-62(7,8)63(9,10)71-65/h11-40H,1-10H3. The first-order chi connectivity index (χ1) is 33.9. The monoisotopic (exact) mass is 930 g/mol. The molecule has 0 bridgehead atoms. The molecule has 3 heterocycles. The molecule has 2 saturated heterocycles. The van der Waals surface area contributed by atoms with Crippen LogP contribution < -0.4 is 15.8 Å². The quantitative estimate of drug-likeness (QED) is 0.142. The Balaban J connectivity index is 0.942. The van der Waals surface area contributed by atoms with Gasteiger partial charge in [0.15, 0.2) is 0 Å². The maximum absolute atomic E-state index is 6.68. The first kappa shape index (κ1) is 45.5. The summed E-state index contributed by atoms with van der Waals surface area (Å²) < 4.78 is 29.1. The minimum Gasteiger partial charge on any atom is -0.399 e. The molecule has 1 aromatic heterocycles. The van der Waals surface area contributed by atoms with Gasteiger partial charge in [0.25, 0.3) is 0 Å². The number of benzene rings is 8. The van der Waals surface area contributed by atoms with Crippen LogP contribution in [0.2, 0.25) is 0 Å². The Morgan fingerprint density at radius 2 is 0.831 bits per heavy atom. The molecular formula is C63H60B2N2O4. The molecule has 0 amide bonds. The Bertz CT molecular complexity index is 3450. The number of hydrogen-bond acceptors (Lipinski definition) is 5. The molecule has 12 rings (SSSR count). The smallest absolute Gasteiger partial charge is 0.399 e. The SMILES string of the molecule is CC1(C)c2ccccc2-c2ccc(N(c3ccc(-c4ccccc4)cc3)c3ccc(-c4ccc5c(c4)c4ccccc4n5-c4cc(B5OC(C)(C)C(C)(C)O5)cc(B5OC(C)(C)C(C)(C)O5)c4)cc3)cc21. The number of nitrogens with zero attached hydrogens (tertiary/aromatic N) is 2. The summed E-state index contributed by atoms with van der Waals surface area (Å²) in [6.07, 6.45) is 0. The van der Waals surface area contributed by atoms with E-state index in [0.29, 0.717) is 0 Å². The first-order valence-corrected chi connectivity index (χ1v) is 25.1. The molecule has 1 aliphatic carbocycles. The summed E-state index contributed by atoms with van der Waals surface area (Å²) in [5, 5.41) is 2.34. The lowest BCUT2D eigenvalue weighted by Crippen LogP contribution is -2.41. The predicted octanol–water partition coefficient (Wildman–Crippen LogP) is 14.5. The number of para-hydroxylation sites is 1. The third-order valence-corrected chi connectivity index (χ3v) is 16.5. The largest absolute Gasteiger partial charge is 0.494 e. The zero-order valence-electron chi connectivity index (χ0n) is 42.5. The lowest BCUT2D eigenvalue weighted by Gasteiger charge is -2.32. The third-order valence-electron chi connectivity index (χ3n) is 16.5. The van der Waals surface area contributed by atoms with E-state index in [0.717, 1.165) is 55.8 Å². The van der Waals surface area contributed by atoms with Gasteiger partial charge in [-0.05, 0) is 178 Å². The highest BCUT2D eigenvalue weighted by Gasteiger charge is 2.54. The molecule has 0 atom stereocenters. The van der Waals surface area contributed by atoms with E-state index in [1.807, 2.05) is 0 Å². The molecule has 71 heavy (non-hydrogen) atoms. The van der Waals surface area contributed by atoms with E-state index in [1.165, 1.54) is 44.2 Å². The number of fused-ring (bicyclic) bond motifs is 6. The van der Waals surface area contributed by atoms with Crippen molar-refractivity contribution in [2.24, 2.45) is 0 Å². The molecule has 0 saturated carbocycles. The number of anilines is 3. The van der Waals surface area contributed by atoms with Crippen LogP contribution in [0.1, 0.15) is 80.4 Å². The lowest BCUT2D eigenvalue weighted by atomic mass is 9.71. The van der Waals surface area contributed by atoms with Crippen molar-refractivity contribution in [3.05, 3.63) is 193 Å². The van der Waals surface area contributed by atoms with Crippen LogP contribution in [0.4, 0.5) is 17.1 Å². The van der Waals surface area contributed by atoms with Gasteiger partial charge in [-0.1, -0.05) is 129 Å². The van der Waals surface area contributed by atoms with E-state index >= 15 is 0 Å². The van der Waals surface area contributed by atoms with Gasteiger partial charge in [-0.25, -0.2) is 0 Å². The van der Waals surface area contributed by atoms with Crippen molar-refractivity contribution in [2.45, 2.75) is 97.1 Å². The van der Waals surface area contributed by atoms with E-state index in [4.69, 9.17) is 18.6 Å². The van der Waals surface area contributed by atoms with E-state index in [1.54, 1.807) is 0 Å². The molecule has 2 aliphatic heterocycles. The van der Waals surface area contributed by atoms with Gasteiger partial charge in [-0.3, -0.25) is 0 Å². The van der Waals surface area contributed by atoms with Gasteiger partial charge >= 0.3 is 14.2 Å². The maximum Gasteiger partial charge on any atom is 0.494 e. The fraction of sp³-hybridized carbons (Fsp3) is 0.238. The predicted molar refractivity (Wildman–Crippen MR) is 295 cm³/mol. The Labute approximate surface area is 419 Å². The Hall–Kier alpha value is -6.67. The second kappa shape index (κ2) is 16.2. The normalized spacial score (nSPS) is 18.0. The van der Waals surface area contributed by atoms with Gasteiger partial charge in [0.05, 0.1) is 33.4 Å². The number of hydrogen-bond donors (Lipinski definition) is 0. The van der Waals surface area contributed by atoms with Crippen molar-refractivity contribution in [3.8, 4) is 39.1 Å². The molecule has 0 N–H and O–H groups in total. The summed E-state index contributed by atoms with van der Waals surface area (Å²) in [4.78, 5) is 2.39. The minimum absolute atomic E-state index is 0.123. The second-order valence-corrected chi connectivity index (χ2v) is 22.3. The highest BCUT2D eigenvalue weighted by atomic mass is 16.7. The van der Waals surface area contributed by atoms with E-state index in [9.17, 15) is 0 Å². The number of rotatable bonds is 8. The van der Waals surface area contributed by atoms with E-state index in [-0.39, 0.29) is 5.41 Å². The highest BCUT2D eigenvalue weighted by Crippen LogP contribution is 2.51. The van der Waals surface area contributed by atoms with Gasteiger partial charge in [-0.15, -0.1) is 0 Å². The lowest BCUT2D eigenvalue weighted by molar-refractivity contribution is 0.00578. The zero-order valence-corrected chi connectivity index (χ0v) is 42.5. The van der Waals surface area contributed by atoms with Crippen LogP contribution in [0.15, 0.2) is 182 Å². The minimum atomic E-state index is -0.569. The molecule has 9 aromatic rings. The van der Waals surface area contributed by atoms with Crippen LogP contribution >= 0.6 is 0 Å². The van der Waals surface area contributed by atoms with Crippen LogP contribution in [0.25, 0.3) is 60.9 Å². The van der Waals surface area contributed by atoms with Crippen LogP contribution in [0, 0.1) is 0 Å². The molecule has 0 spiro atoms. The highest BCUT2D eigenvalue weighted by molar-refractivity contribution is 6.66. The second-order valence-electron chi connectivity index (χ2n) is 22.3. The molecule has 8 aromatic carbocycles. The number of aromatic nitrogens is 1. The summed E-state index contributed by atoms with van der Waals surface area (Å²) >= 11 is 0. The average molecular weight is 931 g/mol. The van der Waals surface area contributed by atoms with Crippen molar-refractivity contribution >= 4 is 64.0 Å². The molecule has 0 radical (unpaired) electrons. The van der Waals surface area contributed by atoms with Crippen molar-refractivity contribution in [1.82, 2.24) is 4.57 Å². The molecular weight excluding hydrogens is 870 g/mol. The van der Waals surface area contributed by atoms with E-state index in [2.05, 4.69) is 261 Å². The Morgan fingerprint density at radius 3 is 1.44 bits per heavy atom. The van der Waals surface area contributed by atoms with Crippen molar-refractivity contribution in [1.29, 1.82) is 0 Å². The van der Waals surface area contributed by atoms with Crippen LogP contribution in [0.3, 0.4) is 0 Å². The van der Waals surface area contributed by atoms with E-state index < -0.39 is 36.6 Å². The van der Waals surface area contributed by atoms with Crippen LogP contribution in [0.5, 0.6) is 0 Å². The average Bonchev–Trinajstić information content (AvgIpc) is 3.98. The molecule has 0 unspecified atom stereocenters. The summed E-state index contributed by atoms with van der Waals surface area (Å²) in [7, 11) is -1.14. The van der Waals surface area contributed by atoms with Crippen LogP contribution in [-0.4, -0.2) is 41.2 Å². The van der Waals surface area contributed by atoms with Gasteiger partial charge in [0.2, 0.25) is 0 Å².